The zero-order valence-corrected chi connectivity index (χ0v) is 6.33. The van der Waals surface area contributed by atoms with E-state index in [4.69, 9.17) is 5.73 Å². The van der Waals surface area contributed by atoms with Gasteiger partial charge < -0.3 is 5.73 Å². The van der Waals surface area contributed by atoms with Gasteiger partial charge in [-0.05, 0) is 18.1 Å². The van der Waals surface area contributed by atoms with Crippen molar-refractivity contribution in [2.24, 2.45) is 11.7 Å². The van der Waals surface area contributed by atoms with Crippen molar-refractivity contribution in [3.05, 3.63) is 47.7 Å². The first-order chi connectivity index (χ1) is 5.38. The first kappa shape index (κ1) is 6.47. The van der Waals surface area contributed by atoms with Crippen molar-refractivity contribution < 1.29 is 0 Å². The van der Waals surface area contributed by atoms with E-state index in [0.717, 1.165) is 12.1 Å². The molecule has 0 fully saturated rings. The van der Waals surface area contributed by atoms with Crippen LogP contribution in [0.5, 0.6) is 0 Å². The Morgan fingerprint density at radius 1 is 1.27 bits per heavy atom. The molecule has 0 radical (unpaired) electrons. The van der Waals surface area contributed by atoms with Gasteiger partial charge in [-0.25, -0.2) is 0 Å². The molecule has 0 saturated heterocycles. The molecule has 0 saturated carbocycles. The van der Waals surface area contributed by atoms with Crippen molar-refractivity contribution in [1.82, 2.24) is 0 Å². The Morgan fingerprint density at radius 3 is 3.00 bits per heavy atom. The molecule has 0 spiro atoms. The van der Waals surface area contributed by atoms with E-state index in [1.165, 1.54) is 5.57 Å². The lowest BCUT2D eigenvalue weighted by Gasteiger charge is -2.20. The van der Waals surface area contributed by atoms with E-state index in [-0.39, 0.29) is 0 Å². The lowest BCUT2D eigenvalue weighted by molar-refractivity contribution is 0.762. The Bertz CT molecular complexity index is 279. The van der Waals surface area contributed by atoms with Crippen LogP contribution in [0.25, 0.3) is 0 Å². The fourth-order valence-corrected chi connectivity index (χ4v) is 1.53. The highest BCUT2D eigenvalue weighted by molar-refractivity contribution is 5.43. The zero-order chi connectivity index (χ0) is 7.68. The topological polar surface area (TPSA) is 26.0 Å². The normalized spacial score (nSPS) is 27.5. The van der Waals surface area contributed by atoms with Gasteiger partial charge in [0.15, 0.2) is 0 Å². The van der Waals surface area contributed by atoms with Gasteiger partial charge in [0.1, 0.15) is 0 Å². The maximum Gasteiger partial charge on any atom is 0.0352 e. The minimum absolute atomic E-state index is 0.532. The first-order valence-corrected chi connectivity index (χ1v) is 3.89. The van der Waals surface area contributed by atoms with Gasteiger partial charge in [0.25, 0.3) is 0 Å². The van der Waals surface area contributed by atoms with Crippen LogP contribution in [0.15, 0.2) is 47.7 Å². The average molecular weight is 145 g/mol. The van der Waals surface area contributed by atoms with E-state index in [0.29, 0.717) is 5.92 Å². The molecule has 0 amide bonds. The zero-order valence-electron chi connectivity index (χ0n) is 6.33. The Morgan fingerprint density at radius 2 is 2.18 bits per heavy atom. The predicted octanol–water partition coefficient (Wildman–Crippen LogP) is 1.90. The Labute approximate surface area is 66.6 Å². The minimum atomic E-state index is 0.532. The van der Waals surface area contributed by atoms with Crippen LogP contribution in [0.2, 0.25) is 0 Å². The molecule has 0 aromatic heterocycles. The second-order valence-corrected chi connectivity index (χ2v) is 2.90. The molecule has 0 bridgehead atoms. The van der Waals surface area contributed by atoms with Gasteiger partial charge >= 0.3 is 0 Å². The van der Waals surface area contributed by atoms with Crippen molar-refractivity contribution in [2.45, 2.75) is 6.42 Å². The fraction of sp³-hybridized carbons (Fsp3) is 0.200. The van der Waals surface area contributed by atoms with Gasteiger partial charge in [-0.1, -0.05) is 30.4 Å². The van der Waals surface area contributed by atoms with E-state index >= 15 is 0 Å². The van der Waals surface area contributed by atoms with Crippen molar-refractivity contribution in [3.63, 3.8) is 0 Å². The van der Waals surface area contributed by atoms with Gasteiger partial charge in [-0.3, -0.25) is 0 Å². The molecule has 1 nitrogen and oxygen atoms in total. The van der Waals surface area contributed by atoms with Crippen molar-refractivity contribution in [2.75, 3.05) is 0 Å². The highest BCUT2D eigenvalue weighted by Crippen LogP contribution is 2.28. The van der Waals surface area contributed by atoms with Gasteiger partial charge in [0.2, 0.25) is 0 Å². The van der Waals surface area contributed by atoms with Crippen LogP contribution >= 0.6 is 0 Å². The number of hydrogen-bond acceptors (Lipinski definition) is 1. The van der Waals surface area contributed by atoms with E-state index in [9.17, 15) is 0 Å². The van der Waals surface area contributed by atoms with Crippen molar-refractivity contribution >= 4 is 0 Å². The predicted molar refractivity (Wildman–Crippen MR) is 46.7 cm³/mol. The van der Waals surface area contributed by atoms with Gasteiger partial charge in [0, 0.05) is 11.6 Å². The van der Waals surface area contributed by atoms with E-state index in [1.54, 1.807) is 0 Å². The summed E-state index contributed by atoms with van der Waals surface area (Å²) in [6.45, 7) is 0. The van der Waals surface area contributed by atoms with E-state index < -0.39 is 0 Å². The average Bonchev–Trinajstić information content (AvgIpc) is 2.06. The number of allylic oxidation sites excluding steroid dienone is 7. The summed E-state index contributed by atoms with van der Waals surface area (Å²) in [5.41, 5.74) is 7.99. The molecule has 56 valence electrons. The van der Waals surface area contributed by atoms with Crippen LogP contribution in [0, 0.1) is 5.92 Å². The molecule has 1 heteroatoms. The van der Waals surface area contributed by atoms with Crippen LogP contribution in [-0.2, 0) is 0 Å². The smallest absolute Gasteiger partial charge is 0.0352 e. The third kappa shape index (κ3) is 1.03. The van der Waals surface area contributed by atoms with Crippen molar-refractivity contribution in [1.29, 1.82) is 0 Å². The molecule has 2 N–H and O–H groups in total. The molecular weight excluding hydrogens is 134 g/mol. The molecule has 2 aliphatic carbocycles. The number of rotatable bonds is 0. The second-order valence-electron chi connectivity index (χ2n) is 2.90. The molecule has 0 aromatic rings. The summed E-state index contributed by atoms with van der Waals surface area (Å²) in [4.78, 5) is 0. The van der Waals surface area contributed by atoms with Crippen LogP contribution in [0.3, 0.4) is 0 Å². The SMILES string of the molecule is NC1=CC=CC2CC=CC=C12. The van der Waals surface area contributed by atoms with Gasteiger partial charge in [0.05, 0.1) is 0 Å². The summed E-state index contributed by atoms with van der Waals surface area (Å²) in [6.07, 6.45) is 13.6. The largest absolute Gasteiger partial charge is 0.398 e. The van der Waals surface area contributed by atoms with Gasteiger partial charge in [-0.15, -0.1) is 0 Å². The first-order valence-electron chi connectivity index (χ1n) is 3.89. The maximum atomic E-state index is 5.80. The number of fused-ring (bicyclic) bond motifs is 1. The molecule has 11 heavy (non-hydrogen) atoms. The summed E-state index contributed by atoms with van der Waals surface area (Å²) < 4.78 is 0. The summed E-state index contributed by atoms with van der Waals surface area (Å²) >= 11 is 0. The number of nitrogens with two attached hydrogens (primary N) is 1. The molecule has 2 rings (SSSR count). The highest BCUT2D eigenvalue weighted by Gasteiger charge is 2.15. The third-order valence-corrected chi connectivity index (χ3v) is 2.15. The maximum absolute atomic E-state index is 5.80. The molecule has 0 heterocycles. The molecule has 0 aliphatic heterocycles. The number of hydrogen-bond donors (Lipinski definition) is 1. The van der Waals surface area contributed by atoms with Crippen LogP contribution < -0.4 is 5.73 Å². The molecule has 0 aromatic carbocycles. The van der Waals surface area contributed by atoms with Crippen LogP contribution in [0.1, 0.15) is 6.42 Å². The standard InChI is InChI=1S/C10H11N/c11-10-7-3-5-8-4-1-2-6-9(8)10/h1-3,5-8H,4,11H2. The van der Waals surface area contributed by atoms with E-state index in [1.807, 2.05) is 12.2 Å². The van der Waals surface area contributed by atoms with Crippen LogP contribution in [-0.4, -0.2) is 0 Å². The van der Waals surface area contributed by atoms with Crippen molar-refractivity contribution in [3.8, 4) is 0 Å². The lowest BCUT2D eigenvalue weighted by Crippen LogP contribution is -2.13. The Kier molecular flexibility index (Phi) is 1.42. The summed E-state index contributed by atoms with van der Waals surface area (Å²) in [6, 6.07) is 0. The Balaban J connectivity index is 2.40. The molecule has 2 aliphatic rings. The molecule has 1 unspecified atom stereocenters. The van der Waals surface area contributed by atoms with Crippen LogP contribution in [0.4, 0.5) is 0 Å². The quantitative estimate of drug-likeness (QED) is 0.553. The molecular formula is C10H11N. The van der Waals surface area contributed by atoms with Gasteiger partial charge in [-0.2, -0.15) is 0 Å². The fourth-order valence-electron chi connectivity index (χ4n) is 1.53. The Hall–Kier alpha value is -1.24. The third-order valence-electron chi connectivity index (χ3n) is 2.15. The monoisotopic (exact) mass is 145 g/mol. The summed E-state index contributed by atoms with van der Waals surface area (Å²) in [7, 11) is 0. The lowest BCUT2D eigenvalue weighted by atomic mass is 9.86. The summed E-state index contributed by atoms with van der Waals surface area (Å²) in [5.74, 6) is 0.532. The summed E-state index contributed by atoms with van der Waals surface area (Å²) in [5, 5.41) is 0. The molecule has 1 atom stereocenters. The second kappa shape index (κ2) is 2.42. The van der Waals surface area contributed by atoms with E-state index in [2.05, 4.69) is 24.3 Å². The highest BCUT2D eigenvalue weighted by atomic mass is 14.6. The minimum Gasteiger partial charge on any atom is -0.398 e.